The highest BCUT2D eigenvalue weighted by Crippen LogP contribution is 2.15. The lowest BCUT2D eigenvalue weighted by atomic mass is 10.1. The quantitative estimate of drug-likeness (QED) is 0.807. The van der Waals surface area contributed by atoms with Gasteiger partial charge >= 0.3 is 0 Å². The predicted octanol–water partition coefficient (Wildman–Crippen LogP) is 1.85. The Balaban J connectivity index is 1.90. The molecule has 1 amide bonds. The summed E-state index contributed by atoms with van der Waals surface area (Å²) in [6.07, 6.45) is 7.28. The first-order chi connectivity index (χ1) is 9.72. The minimum Gasteiger partial charge on any atom is -0.341 e. The molecule has 2 aliphatic rings. The molecule has 0 aliphatic carbocycles. The van der Waals surface area contributed by atoms with Crippen molar-refractivity contribution < 1.29 is 4.79 Å². The lowest BCUT2D eigenvalue weighted by Crippen LogP contribution is -2.51. The number of carbonyl (C=O) groups excluding carboxylic acids is 1. The Morgan fingerprint density at radius 2 is 2.05 bits per heavy atom. The van der Waals surface area contributed by atoms with Crippen LogP contribution in [-0.4, -0.2) is 60.5 Å². The highest BCUT2D eigenvalue weighted by atomic mass is 16.2. The first-order valence-corrected chi connectivity index (χ1v) is 8.48. The van der Waals surface area contributed by atoms with Gasteiger partial charge in [-0.15, -0.1) is 0 Å². The third-order valence-electron chi connectivity index (χ3n) is 4.70. The maximum atomic E-state index is 12.7. The normalized spacial score (nSPS) is 25.1. The first kappa shape index (κ1) is 15.8. The molecule has 0 bridgehead atoms. The van der Waals surface area contributed by atoms with Crippen molar-refractivity contribution in [3.8, 4) is 0 Å². The van der Waals surface area contributed by atoms with Crippen molar-refractivity contribution in [2.75, 3.05) is 32.7 Å². The largest absolute Gasteiger partial charge is 0.341 e. The van der Waals surface area contributed by atoms with Crippen LogP contribution in [0.1, 0.15) is 52.4 Å². The summed E-state index contributed by atoms with van der Waals surface area (Å²) in [4.78, 5) is 17.1. The first-order valence-electron chi connectivity index (χ1n) is 8.48. The van der Waals surface area contributed by atoms with E-state index < -0.39 is 0 Å². The monoisotopic (exact) mass is 281 g/mol. The molecule has 2 heterocycles. The summed E-state index contributed by atoms with van der Waals surface area (Å²) in [6, 6.07) is 0.619. The fourth-order valence-electron chi connectivity index (χ4n) is 3.46. The summed E-state index contributed by atoms with van der Waals surface area (Å²) in [7, 11) is 0. The third-order valence-corrected chi connectivity index (χ3v) is 4.70. The molecule has 0 radical (unpaired) electrons. The minimum atomic E-state index is 0.0375. The Labute approximate surface area is 123 Å². The van der Waals surface area contributed by atoms with Crippen LogP contribution in [0.2, 0.25) is 0 Å². The fraction of sp³-hybridized carbons (Fsp3) is 0.938. The molecule has 20 heavy (non-hydrogen) atoms. The molecule has 2 unspecified atom stereocenters. The Bertz CT molecular complexity index is 296. The van der Waals surface area contributed by atoms with Crippen LogP contribution < -0.4 is 5.32 Å². The van der Waals surface area contributed by atoms with Crippen LogP contribution in [-0.2, 0) is 4.79 Å². The number of nitrogens with one attached hydrogen (secondary N) is 1. The molecule has 2 fully saturated rings. The zero-order chi connectivity index (χ0) is 14.4. The Kier molecular flexibility index (Phi) is 6.30. The van der Waals surface area contributed by atoms with Crippen molar-refractivity contribution in [3.05, 3.63) is 0 Å². The molecule has 0 aromatic heterocycles. The molecular formula is C16H31N3O. The molecule has 0 saturated carbocycles. The number of hydrogen-bond acceptors (Lipinski definition) is 3. The molecule has 2 atom stereocenters. The van der Waals surface area contributed by atoms with E-state index in [2.05, 4.69) is 29.0 Å². The predicted molar refractivity (Wildman–Crippen MR) is 82.8 cm³/mol. The van der Waals surface area contributed by atoms with Gasteiger partial charge in [-0.1, -0.05) is 6.92 Å². The van der Waals surface area contributed by atoms with Gasteiger partial charge in [-0.2, -0.15) is 0 Å². The van der Waals surface area contributed by atoms with E-state index in [1.165, 1.54) is 32.1 Å². The lowest BCUT2D eigenvalue weighted by Gasteiger charge is -2.35. The molecule has 116 valence electrons. The van der Waals surface area contributed by atoms with Gasteiger partial charge in [0.05, 0.1) is 6.04 Å². The van der Waals surface area contributed by atoms with Crippen molar-refractivity contribution in [2.45, 2.75) is 64.5 Å². The Hall–Kier alpha value is -0.610. The number of piperidine rings is 1. The van der Waals surface area contributed by atoms with Crippen LogP contribution in [0.5, 0.6) is 0 Å². The molecule has 4 heteroatoms. The van der Waals surface area contributed by atoms with E-state index in [0.717, 1.165) is 39.1 Å². The topological polar surface area (TPSA) is 35.6 Å². The van der Waals surface area contributed by atoms with E-state index in [4.69, 9.17) is 0 Å². The Morgan fingerprint density at radius 1 is 1.30 bits per heavy atom. The molecular weight excluding hydrogens is 250 g/mol. The standard InChI is InChI=1S/C16H31N3O/c1-3-10-19(13-15-8-7-9-17-15)14(2)16(20)18-11-5-4-6-12-18/h14-15,17H,3-13H2,1-2H3. The molecule has 2 saturated heterocycles. The van der Waals surface area contributed by atoms with E-state index in [-0.39, 0.29) is 6.04 Å². The van der Waals surface area contributed by atoms with E-state index >= 15 is 0 Å². The second kappa shape index (κ2) is 7.99. The van der Waals surface area contributed by atoms with Gasteiger partial charge in [-0.3, -0.25) is 9.69 Å². The van der Waals surface area contributed by atoms with Crippen LogP contribution >= 0.6 is 0 Å². The number of rotatable bonds is 6. The number of likely N-dealkylation sites (tertiary alicyclic amines) is 1. The Morgan fingerprint density at radius 3 is 2.65 bits per heavy atom. The van der Waals surface area contributed by atoms with Crippen LogP contribution in [0, 0.1) is 0 Å². The van der Waals surface area contributed by atoms with E-state index in [0.29, 0.717) is 11.9 Å². The van der Waals surface area contributed by atoms with Gasteiger partial charge in [-0.05, 0) is 58.5 Å². The van der Waals surface area contributed by atoms with Crippen LogP contribution in [0.4, 0.5) is 0 Å². The van der Waals surface area contributed by atoms with Crippen LogP contribution in [0.25, 0.3) is 0 Å². The SMILES string of the molecule is CCCN(CC1CCCN1)C(C)C(=O)N1CCCCC1. The molecule has 2 aliphatic heterocycles. The number of amides is 1. The molecule has 2 rings (SSSR count). The maximum Gasteiger partial charge on any atom is 0.239 e. The highest BCUT2D eigenvalue weighted by molar-refractivity contribution is 5.81. The van der Waals surface area contributed by atoms with Gasteiger partial charge in [0.2, 0.25) is 5.91 Å². The smallest absolute Gasteiger partial charge is 0.239 e. The second-order valence-corrected chi connectivity index (χ2v) is 6.35. The van der Waals surface area contributed by atoms with E-state index in [1.807, 2.05) is 0 Å². The fourth-order valence-corrected chi connectivity index (χ4v) is 3.46. The summed E-state index contributed by atoms with van der Waals surface area (Å²) in [6.45, 7) is 9.41. The summed E-state index contributed by atoms with van der Waals surface area (Å²) in [5.41, 5.74) is 0. The average Bonchev–Trinajstić information content (AvgIpc) is 2.99. The van der Waals surface area contributed by atoms with Crippen molar-refractivity contribution in [1.82, 2.24) is 15.1 Å². The maximum absolute atomic E-state index is 12.7. The molecule has 0 spiro atoms. The van der Waals surface area contributed by atoms with Crippen molar-refractivity contribution in [2.24, 2.45) is 0 Å². The zero-order valence-electron chi connectivity index (χ0n) is 13.2. The van der Waals surface area contributed by atoms with E-state index in [9.17, 15) is 4.79 Å². The number of nitrogens with zero attached hydrogens (tertiary/aromatic N) is 2. The van der Waals surface area contributed by atoms with Crippen molar-refractivity contribution >= 4 is 5.91 Å². The highest BCUT2D eigenvalue weighted by Gasteiger charge is 2.28. The summed E-state index contributed by atoms with van der Waals surface area (Å²) >= 11 is 0. The van der Waals surface area contributed by atoms with Crippen LogP contribution in [0.15, 0.2) is 0 Å². The van der Waals surface area contributed by atoms with Gasteiger partial charge < -0.3 is 10.2 Å². The number of hydrogen-bond donors (Lipinski definition) is 1. The van der Waals surface area contributed by atoms with Gasteiger partial charge in [0.25, 0.3) is 0 Å². The number of carbonyl (C=O) groups is 1. The van der Waals surface area contributed by atoms with Gasteiger partial charge in [-0.25, -0.2) is 0 Å². The summed E-state index contributed by atoms with van der Waals surface area (Å²) < 4.78 is 0. The molecule has 1 N–H and O–H groups in total. The van der Waals surface area contributed by atoms with Gasteiger partial charge in [0.1, 0.15) is 0 Å². The minimum absolute atomic E-state index is 0.0375. The van der Waals surface area contributed by atoms with Crippen molar-refractivity contribution in [1.29, 1.82) is 0 Å². The average molecular weight is 281 g/mol. The van der Waals surface area contributed by atoms with Crippen LogP contribution in [0.3, 0.4) is 0 Å². The molecule has 0 aromatic carbocycles. The molecule has 4 nitrogen and oxygen atoms in total. The van der Waals surface area contributed by atoms with Crippen molar-refractivity contribution in [3.63, 3.8) is 0 Å². The lowest BCUT2D eigenvalue weighted by molar-refractivity contribution is -0.137. The van der Waals surface area contributed by atoms with E-state index in [1.54, 1.807) is 0 Å². The summed E-state index contributed by atoms with van der Waals surface area (Å²) in [5, 5.41) is 3.55. The zero-order valence-corrected chi connectivity index (χ0v) is 13.2. The second-order valence-electron chi connectivity index (χ2n) is 6.35. The van der Waals surface area contributed by atoms with Gasteiger partial charge in [0, 0.05) is 25.7 Å². The summed E-state index contributed by atoms with van der Waals surface area (Å²) in [5.74, 6) is 0.344. The molecule has 0 aromatic rings. The third kappa shape index (κ3) is 4.19. The van der Waals surface area contributed by atoms with Gasteiger partial charge in [0.15, 0.2) is 0 Å².